The second kappa shape index (κ2) is 5.23. The Hall–Kier alpha value is -1.62. The molecule has 1 fully saturated rings. The molecule has 4 nitrogen and oxygen atoms in total. The van der Waals surface area contributed by atoms with Crippen LogP contribution in [0.4, 0.5) is 5.69 Å². The van der Waals surface area contributed by atoms with E-state index in [0.717, 1.165) is 42.6 Å². The monoisotopic (exact) mass is 315 g/mol. The number of rotatable bonds is 1. The van der Waals surface area contributed by atoms with Crippen LogP contribution in [0.3, 0.4) is 0 Å². The molecular formula is C17H21N3OS. The number of fused-ring (bicyclic) bond motifs is 2. The predicted octanol–water partition coefficient (Wildman–Crippen LogP) is 3.24. The largest absolute Gasteiger partial charge is 0.397 e. The van der Waals surface area contributed by atoms with Crippen LogP contribution in [0, 0.1) is 5.92 Å². The van der Waals surface area contributed by atoms with E-state index in [9.17, 15) is 4.79 Å². The lowest BCUT2D eigenvalue weighted by Crippen LogP contribution is -2.38. The molecule has 1 saturated heterocycles. The molecule has 0 radical (unpaired) electrons. The van der Waals surface area contributed by atoms with Gasteiger partial charge in [0.1, 0.15) is 9.71 Å². The molecule has 2 aliphatic rings. The number of thiophene rings is 1. The van der Waals surface area contributed by atoms with Crippen LogP contribution in [0.1, 0.15) is 47.1 Å². The zero-order valence-electron chi connectivity index (χ0n) is 12.9. The number of hydrogen-bond donors (Lipinski definition) is 1. The summed E-state index contributed by atoms with van der Waals surface area (Å²) in [7, 11) is 0. The van der Waals surface area contributed by atoms with Crippen molar-refractivity contribution in [1.29, 1.82) is 0 Å². The van der Waals surface area contributed by atoms with Crippen LogP contribution in [-0.4, -0.2) is 28.9 Å². The molecule has 2 aromatic heterocycles. The van der Waals surface area contributed by atoms with Gasteiger partial charge in [-0.25, -0.2) is 4.98 Å². The van der Waals surface area contributed by atoms with Crippen molar-refractivity contribution in [2.75, 3.05) is 18.8 Å². The van der Waals surface area contributed by atoms with Crippen molar-refractivity contribution in [2.24, 2.45) is 5.92 Å². The molecule has 4 rings (SSSR count). The number of nitrogens with two attached hydrogens (primary N) is 1. The molecule has 2 N–H and O–H groups in total. The summed E-state index contributed by atoms with van der Waals surface area (Å²) in [6.07, 6.45) is 5.61. The Balaban J connectivity index is 1.72. The average Bonchev–Trinajstić information content (AvgIpc) is 3.09. The Morgan fingerprint density at radius 3 is 3.09 bits per heavy atom. The van der Waals surface area contributed by atoms with Crippen LogP contribution in [0.25, 0.3) is 10.2 Å². The van der Waals surface area contributed by atoms with Crippen molar-refractivity contribution in [1.82, 2.24) is 9.88 Å². The quantitative estimate of drug-likeness (QED) is 0.879. The van der Waals surface area contributed by atoms with Gasteiger partial charge in [0, 0.05) is 24.2 Å². The van der Waals surface area contributed by atoms with Gasteiger partial charge in [-0.15, -0.1) is 11.3 Å². The highest BCUT2D eigenvalue weighted by molar-refractivity contribution is 7.21. The van der Waals surface area contributed by atoms with E-state index in [1.165, 1.54) is 35.4 Å². The average molecular weight is 315 g/mol. The molecule has 1 aliphatic carbocycles. The van der Waals surface area contributed by atoms with Gasteiger partial charge in [0.05, 0.1) is 5.69 Å². The first-order valence-corrected chi connectivity index (χ1v) is 8.95. The smallest absolute Gasteiger partial charge is 0.266 e. The molecule has 0 bridgehead atoms. The Kier molecular flexibility index (Phi) is 3.33. The van der Waals surface area contributed by atoms with Crippen LogP contribution in [0.15, 0.2) is 6.07 Å². The molecule has 5 heteroatoms. The molecule has 0 saturated carbocycles. The number of nitrogens with zero attached hydrogens (tertiary/aromatic N) is 2. The third-order valence-corrected chi connectivity index (χ3v) is 5.99. The van der Waals surface area contributed by atoms with Crippen molar-refractivity contribution < 1.29 is 4.79 Å². The van der Waals surface area contributed by atoms with Crippen LogP contribution in [0.5, 0.6) is 0 Å². The van der Waals surface area contributed by atoms with Crippen molar-refractivity contribution in [3.8, 4) is 0 Å². The maximum Gasteiger partial charge on any atom is 0.266 e. The van der Waals surface area contributed by atoms with Crippen LogP contribution < -0.4 is 5.73 Å². The number of anilines is 1. The lowest BCUT2D eigenvalue weighted by Gasteiger charge is -2.30. The number of amides is 1. The minimum absolute atomic E-state index is 0.0900. The van der Waals surface area contributed by atoms with Gasteiger partial charge in [-0.1, -0.05) is 6.92 Å². The SMILES string of the molecule is CC1CCCN(C(=O)c2sc3nc4c(cc3c2N)CCC4)C1. The number of carbonyl (C=O) groups is 1. The zero-order valence-corrected chi connectivity index (χ0v) is 13.7. The zero-order chi connectivity index (χ0) is 15.3. The molecule has 1 unspecified atom stereocenters. The van der Waals surface area contributed by atoms with Crippen molar-refractivity contribution in [2.45, 2.75) is 39.0 Å². The highest BCUT2D eigenvalue weighted by atomic mass is 32.1. The number of aryl methyl sites for hydroxylation is 2. The Labute approximate surface area is 134 Å². The molecular weight excluding hydrogens is 294 g/mol. The van der Waals surface area contributed by atoms with Crippen molar-refractivity contribution in [3.63, 3.8) is 0 Å². The van der Waals surface area contributed by atoms with Gasteiger partial charge in [-0.05, 0) is 49.7 Å². The summed E-state index contributed by atoms with van der Waals surface area (Å²) in [4.78, 5) is 21.1. The fraction of sp³-hybridized carbons (Fsp3) is 0.529. The predicted molar refractivity (Wildman–Crippen MR) is 90.4 cm³/mol. The third kappa shape index (κ3) is 2.19. The maximum atomic E-state index is 12.8. The number of nitrogen functional groups attached to an aromatic ring is 1. The van der Waals surface area contributed by atoms with Gasteiger partial charge >= 0.3 is 0 Å². The van der Waals surface area contributed by atoms with Crippen LogP contribution in [0.2, 0.25) is 0 Å². The lowest BCUT2D eigenvalue weighted by atomic mass is 10.00. The van der Waals surface area contributed by atoms with E-state index in [0.29, 0.717) is 16.5 Å². The number of aromatic nitrogens is 1. The first-order valence-electron chi connectivity index (χ1n) is 8.13. The Morgan fingerprint density at radius 1 is 1.41 bits per heavy atom. The topological polar surface area (TPSA) is 59.2 Å². The second-order valence-electron chi connectivity index (χ2n) is 6.64. The molecule has 22 heavy (non-hydrogen) atoms. The summed E-state index contributed by atoms with van der Waals surface area (Å²) in [6, 6.07) is 2.16. The van der Waals surface area contributed by atoms with E-state index in [-0.39, 0.29) is 5.91 Å². The Bertz CT molecular complexity index is 752. The molecule has 1 amide bonds. The first-order chi connectivity index (χ1) is 10.6. The summed E-state index contributed by atoms with van der Waals surface area (Å²) >= 11 is 1.47. The first kappa shape index (κ1) is 14.0. The van der Waals surface area contributed by atoms with Gasteiger partial charge < -0.3 is 10.6 Å². The minimum atomic E-state index is 0.0900. The summed E-state index contributed by atoms with van der Waals surface area (Å²) in [5.74, 6) is 0.669. The van der Waals surface area contributed by atoms with Crippen LogP contribution in [-0.2, 0) is 12.8 Å². The van der Waals surface area contributed by atoms with Gasteiger partial charge in [0.25, 0.3) is 5.91 Å². The minimum Gasteiger partial charge on any atom is -0.397 e. The van der Waals surface area contributed by atoms with Crippen molar-refractivity contribution >= 4 is 33.1 Å². The van der Waals surface area contributed by atoms with Gasteiger partial charge in [0.15, 0.2) is 0 Å². The normalized spacial score (nSPS) is 21.3. The van der Waals surface area contributed by atoms with Crippen LogP contribution >= 0.6 is 11.3 Å². The highest BCUT2D eigenvalue weighted by Gasteiger charge is 2.27. The van der Waals surface area contributed by atoms with E-state index in [1.807, 2.05) is 4.90 Å². The van der Waals surface area contributed by atoms with E-state index in [1.54, 1.807) is 0 Å². The summed E-state index contributed by atoms with van der Waals surface area (Å²) in [6.45, 7) is 3.90. The number of carbonyl (C=O) groups excluding carboxylic acids is 1. The highest BCUT2D eigenvalue weighted by Crippen LogP contribution is 2.36. The maximum absolute atomic E-state index is 12.8. The summed E-state index contributed by atoms with van der Waals surface area (Å²) in [5, 5.41) is 0.971. The standard InChI is InChI=1S/C17H21N3OS/c1-10-4-3-7-20(9-10)17(21)15-14(18)12-8-11-5-2-6-13(11)19-16(12)22-15/h8,10H,2-7,9,18H2,1H3. The fourth-order valence-corrected chi connectivity index (χ4v) is 4.74. The summed E-state index contributed by atoms with van der Waals surface area (Å²) in [5.41, 5.74) is 9.43. The second-order valence-corrected chi connectivity index (χ2v) is 7.64. The van der Waals surface area contributed by atoms with Gasteiger partial charge in [-0.2, -0.15) is 0 Å². The molecule has 1 aliphatic heterocycles. The van der Waals surface area contributed by atoms with Gasteiger partial charge in [-0.3, -0.25) is 4.79 Å². The third-order valence-electron chi connectivity index (χ3n) is 4.89. The van der Waals surface area contributed by atoms with Gasteiger partial charge in [0.2, 0.25) is 0 Å². The molecule has 1 atom stereocenters. The molecule has 116 valence electrons. The number of likely N-dealkylation sites (tertiary alicyclic amines) is 1. The molecule has 0 aromatic carbocycles. The molecule has 2 aromatic rings. The Morgan fingerprint density at radius 2 is 2.27 bits per heavy atom. The number of pyridine rings is 1. The fourth-order valence-electron chi connectivity index (χ4n) is 3.67. The lowest BCUT2D eigenvalue weighted by molar-refractivity contribution is 0.0689. The number of piperidine rings is 1. The number of hydrogen-bond acceptors (Lipinski definition) is 4. The van der Waals surface area contributed by atoms with E-state index in [2.05, 4.69) is 13.0 Å². The van der Waals surface area contributed by atoms with E-state index >= 15 is 0 Å². The van der Waals surface area contributed by atoms with Crippen molar-refractivity contribution in [3.05, 3.63) is 22.2 Å². The molecule has 3 heterocycles. The van der Waals surface area contributed by atoms with E-state index < -0.39 is 0 Å². The summed E-state index contributed by atoms with van der Waals surface area (Å²) < 4.78 is 0. The molecule has 0 spiro atoms. The van der Waals surface area contributed by atoms with E-state index in [4.69, 9.17) is 10.7 Å².